The zero-order valence-electron chi connectivity index (χ0n) is 14.8. The van der Waals surface area contributed by atoms with Crippen molar-refractivity contribution in [3.8, 4) is 5.75 Å². The SMILES string of the molecule is COc1ccc(N2C(=O)N(c3ccccc3)C(=O)[C@H]2c2ccccc2)cc1. The zero-order chi connectivity index (χ0) is 18.8. The third-order valence-electron chi connectivity index (χ3n) is 4.59. The van der Waals surface area contributed by atoms with E-state index in [9.17, 15) is 9.59 Å². The standard InChI is InChI=1S/C22H18N2O3/c1-27-19-14-12-18(13-15-19)23-20(16-8-4-2-5-9-16)21(25)24(22(23)26)17-10-6-3-7-11-17/h2-15,20H,1H3/t20-/m1/s1. The van der Waals surface area contributed by atoms with Gasteiger partial charge in [-0.1, -0.05) is 48.5 Å². The molecule has 0 aliphatic carbocycles. The van der Waals surface area contributed by atoms with Gasteiger partial charge < -0.3 is 4.74 Å². The highest BCUT2D eigenvalue weighted by atomic mass is 16.5. The smallest absolute Gasteiger partial charge is 0.336 e. The molecule has 134 valence electrons. The molecule has 1 fully saturated rings. The number of anilines is 2. The monoisotopic (exact) mass is 358 g/mol. The third-order valence-corrected chi connectivity index (χ3v) is 4.59. The van der Waals surface area contributed by atoms with E-state index < -0.39 is 6.04 Å². The predicted molar refractivity (Wildman–Crippen MR) is 104 cm³/mol. The van der Waals surface area contributed by atoms with Crippen molar-refractivity contribution in [3.05, 3.63) is 90.5 Å². The van der Waals surface area contributed by atoms with Crippen molar-refractivity contribution < 1.29 is 14.3 Å². The van der Waals surface area contributed by atoms with Crippen LogP contribution in [0.25, 0.3) is 0 Å². The first-order valence-corrected chi connectivity index (χ1v) is 8.62. The van der Waals surface area contributed by atoms with E-state index in [0.29, 0.717) is 17.1 Å². The molecular formula is C22H18N2O3. The summed E-state index contributed by atoms with van der Waals surface area (Å²) in [5.74, 6) is 0.418. The van der Waals surface area contributed by atoms with E-state index >= 15 is 0 Å². The van der Waals surface area contributed by atoms with E-state index in [-0.39, 0.29) is 11.9 Å². The number of imide groups is 1. The van der Waals surface area contributed by atoms with Crippen molar-refractivity contribution in [2.45, 2.75) is 6.04 Å². The molecule has 0 saturated carbocycles. The number of urea groups is 1. The summed E-state index contributed by atoms with van der Waals surface area (Å²) in [6.45, 7) is 0. The number of hydrogen-bond donors (Lipinski definition) is 0. The lowest BCUT2D eigenvalue weighted by Crippen LogP contribution is -2.33. The van der Waals surface area contributed by atoms with Crippen molar-refractivity contribution in [2.75, 3.05) is 16.9 Å². The molecule has 1 atom stereocenters. The largest absolute Gasteiger partial charge is 0.497 e. The summed E-state index contributed by atoms with van der Waals surface area (Å²) in [5.41, 5.74) is 1.97. The minimum Gasteiger partial charge on any atom is -0.497 e. The van der Waals surface area contributed by atoms with Gasteiger partial charge in [-0.25, -0.2) is 9.69 Å². The molecule has 0 unspecified atom stereocenters. The zero-order valence-corrected chi connectivity index (χ0v) is 14.8. The number of hydrogen-bond acceptors (Lipinski definition) is 3. The molecule has 3 aromatic carbocycles. The maximum Gasteiger partial charge on any atom is 0.336 e. The molecular weight excluding hydrogens is 340 g/mol. The van der Waals surface area contributed by atoms with Crippen LogP contribution in [-0.2, 0) is 4.79 Å². The minimum absolute atomic E-state index is 0.270. The van der Waals surface area contributed by atoms with Crippen LogP contribution in [0.15, 0.2) is 84.9 Å². The van der Waals surface area contributed by atoms with Crippen molar-refractivity contribution in [2.24, 2.45) is 0 Å². The van der Waals surface area contributed by atoms with Crippen LogP contribution in [0.5, 0.6) is 5.75 Å². The second-order valence-corrected chi connectivity index (χ2v) is 6.17. The Morgan fingerprint density at radius 3 is 1.93 bits per heavy atom. The van der Waals surface area contributed by atoms with Crippen molar-refractivity contribution in [1.29, 1.82) is 0 Å². The number of ether oxygens (including phenoxy) is 1. The number of benzene rings is 3. The molecule has 3 aromatic rings. The lowest BCUT2D eigenvalue weighted by molar-refractivity contribution is -0.118. The highest BCUT2D eigenvalue weighted by Crippen LogP contribution is 2.38. The van der Waals surface area contributed by atoms with Crippen LogP contribution in [0, 0.1) is 0 Å². The minimum atomic E-state index is -0.715. The number of para-hydroxylation sites is 1. The second-order valence-electron chi connectivity index (χ2n) is 6.17. The lowest BCUT2D eigenvalue weighted by atomic mass is 10.1. The Morgan fingerprint density at radius 2 is 1.33 bits per heavy atom. The van der Waals surface area contributed by atoms with Gasteiger partial charge >= 0.3 is 6.03 Å². The van der Waals surface area contributed by atoms with Crippen molar-refractivity contribution in [3.63, 3.8) is 0 Å². The van der Waals surface area contributed by atoms with Crippen LogP contribution in [0.3, 0.4) is 0 Å². The van der Waals surface area contributed by atoms with E-state index in [1.54, 1.807) is 43.5 Å². The van der Waals surface area contributed by atoms with Gasteiger partial charge in [0.1, 0.15) is 11.8 Å². The molecule has 3 amide bonds. The van der Waals surface area contributed by atoms with E-state index in [2.05, 4.69) is 0 Å². The van der Waals surface area contributed by atoms with Crippen LogP contribution in [-0.4, -0.2) is 19.0 Å². The number of rotatable bonds is 4. The average Bonchev–Trinajstić information content (AvgIpc) is 2.99. The average molecular weight is 358 g/mol. The molecule has 1 heterocycles. The van der Waals surface area contributed by atoms with Gasteiger partial charge in [-0.15, -0.1) is 0 Å². The third kappa shape index (κ3) is 2.93. The maximum absolute atomic E-state index is 13.3. The quantitative estimate of drug-likeness (QED) is 0.649. The second kappa shape index (κ2) is 6.96. The Kier molecular flexibility index (Phi) is 4.34. The fourth-order valence-electron chi connectivity index (χ4n) is 3.29. The summed E-state index contributed by atoms with van der Waals surface area (Å²) in [5, 5.41) is 0. The molecule has 0 spiro atoms. The molecule has 1 aliphatic rings. The molecule has 0 bridgehead atoms. The summed E-state index contributed by atoms with van der Waals surface area (Å²) in [7, 11) is 1.59. The fourth-order valence-corrected chi connectivity index (χ4v) is 3.29. The molecule has 0 radical (unpaired) electrons. The van der Waals surface area contributed by atoms with E-state index in [1.807, 2.05) is 48.5 Å². The molecule has 0 aromatic heterocycles. The van der Waals surface area contributed by atoms with E-state index in [1.165, 1.54) is 9.80 Å². The Morgan fingerprint density at radius 1 is 0.741 bits per heavy atom. The fraction of sp³-hybridized carbons (Fsp3) is 0.0909. The van der Waals surface area contributed by atoms with Crippen molar-refractivity contribution >= 4 is 23.3 Å². The first-order valence-electron chi connectivity index (χ1n) is 8.62. The summed E-state index contributed by atoms with van der Waals surface area (Å²) >= 11 is 0. The van der Waals surface area contributed by atoms with Gasteiger partial charge in [0.05, 0.1) is 12.8 Å². The summed E-state index contributed by atoms with van der Waals surface area (Å²) in [4.78, 5) is 29.3. The summed E-state index contributed by atoms with van der Waals surface area (Å²) < 4.78 is 5.20. The highest BCUT2D eigenvalue weighted by molar-refractivity contribution is 6.28. The van der Waals surface area contributed by atoms with E-state index in [0.717, 1.165) is 5.56 Å². The number of methoxy groups -OCH3 is 1. The Balaban J connectivity index is 1.82. The molecule has 1 aliphatic heterocycles. The van der Waals surface area contributed by atoms with Crippen LogP contribution in [0.2, 0.25) is 0 Å². The molecule has 5 nitrogen and oxygen atoms in total. The van der Waals surface area contributed by atoms with Gasteiger partial charge in [-0.05, 0) is 42.0 Å². The van der Waals surface area contributed by atoms with E-state index in [4.69, 9.17) is 4.74 Å². The number of carbonyl (C=O) groups excluding carboxylic acids is 2. The van der Waals surface area contributed by atoms with Gasteiger partial charge in [0, 0.05) is 5.69 Å². The van der Waals surface area contributed by atoms with Crippen molar-refractivity contribution in [1.82, 2.24) is 0 Å². The summed E-state index contributed by atoms with van der Waals surface area (Å²) in [6, 6.07) is 24.4. The van der Waals surface area contributed by atoms with Gasteiger partial charge in [-0.3, -0.25) is 9.69 Å². The number of nitrogens with zero attached hydrogens (tertiary/aromatic N) is 2. The summed E-state index contributed by atoms with van der Waals surface area (Å²) in [6.07, 6.45) is 0. The molecule has 1 saturated heterocycles. The first-order chi connectivity index (χ1) is 13.2. The number of carbonyl (C=O) groups is 2. The molecule has 27 heavy (non-hydrogen) atoms. The Bertz CT molecular complexity index is 956. The van der Waals surface area contributed by atoms with Crippen LogP contribution in [0.1, 0.15) is 11.6 Å². The molecule has 4 rings (SSSR count). The predicted octanol–water partition coefficient (Wildman–Crippen LogP) is 4.41. The Hall–Kier alpha value is -3.60. The van der Waals surface area contributed by atoms with Crippen LogP contribution >= 0.6 is 0 Å². The topological polar surface area (TPSA) is 49.9 Å². The van der Waals surface area contributed by atoms with Gasteiger partial charge in [0.15, 0.2) is 0 Å². The van der Waals surface area contributed by atoms with Gasteiger partial charge in [-0.2, -0.15) is 0 Å². The highest BCUT2D eigenvalue weighted by Gasteiger charge is 2.47. The van der Waals surface area contributed by atoms with Gasteiger partial charge in [0.2, 0.25) is 0 Å². The van der Waals surface area contributed by atoms with Crippen LogP contribution < -0.4 is 14.5 Å². The maximum atomic E-state index is 13.3. The lowest BCUT2D eigenvalue weighted by Gasteiger charge is -2.22. The Labute approximate surface area is 157 Å². The molecule has 0 N–H and O–H groups in total. The van der Waals surface area contributed by atoms with Crippen LogP contribution in [0.4, 0.5) is 16.2 Å². The number of amides is 3. The van der Waals surface area contributed by atoms with Gasteiger partial charge in [0.25, 0.3) is 5.91 Å². The normalized spacial score (nSPS) is 16.7. The first kappa shape index (κ1) is 16.8. The molecule has 5 heteroatoms.